The Hall–Kier alpha value is -3.91. The molecule has 2 aromatic carbocycles. The fourth-order valence-electron chi connectivity index (χ4n) is 4.62. The summed E-state index contributed by atoms with van der Waals surface area (Å²) in [5.74, 6) is -0.0902. The number of anilines is 3. The molecule has 1 unspecified atom stereocenters. The molecule has 1 fully saturated rings. The van der Waals surface area contributed by atoms with Crippen LogP contribution in [0.2, 0.25) is 0 Å². The maximum absolute atomic E-state index is 15.4. The van der Waals surface area contributed by atoms with E-state index in [9.17, 15) is 4.79 Å². The smallest absolute Gasteiger partial charge is 0.262 e. The Morgan fingerprint density at radius 2 is 1.91 bits per heavy atom. The van der Waals surface area contributed by atoms with Crippen molar-refractivity contribution in [3.05, 3.63) is 84.1 Å². The molecule has 0 bridgehead atoms. The number of fused-ring (bicyclic) bond motifs is 1. The number of hydrogen-bond donors (Lipinski definition) is 2. The minimum absolute atomic E-state index is 0.00108. The lowest BCUT2D eigenvalue weighted by atomic mass is 10.0. The van der Waals surface area contributed by atoms with Gasteiger partial charge in [0.1, 0.15) is 11.6 Å². The molecule has 2 aromatic heterocycles. The Labute approximate surface area is 203 Å². The van der Waals surface area contributed by atoms with Crippen molar-refractivity contribution >= 4 is 34.1 Å². The van der Waals surface area contributed by atoms with Gasteiger partial charge in [-0.3, -0.25) is 9.69 Å². The molecule has 1 atom stereocenters. The second-order valence-corrected chi connectivity index (χ2v) is 8.73. The van der Waals surface area contributed by atoms with Crippen molar-refractivity contribution in [2.75, 3.05) is 23.3 Å². The molecule has 1 aliphatic rings. The van der Waals surface area contributed by atoms with E-state index >= 15 is 4.39 Å². The van der Waals surface area contributed by atoms with Crippen molar-refractivity contribution in [1.29, 1.82) is 0 Å². The Balaban J connectivity index is 1.55. The topological polar surface area (TPSA) is 83.0 Å². The summed E-state index contributed by atoms with van der Waals surface area (Å²) in [5.41, 5.74) is 1.49. The first-order valence-corrected chi connectivity index (χ1v) is 11.8. The van der Waals surface area contributed by atoms with Crippen LogP contribution in [0.1, 0.15) is 35.2 Å². The summed E-state index contributed by atoms with van der Waals surface area (Å²) in [5, 5.41) is 8.30. The van der Waals surface area contributed by atoms with Gasteiger partial charge in [0, 0.05) is 36.2 Å². The molecular weight excluding hydrogens is 443 g/mol. The predicted octanol–water partition coefficient (Wildman–Crippen LogP) is 5.00. The summed E-state index contributed by atoms with van der Waals surface area (Å²) < 4.78 is 15.4. The van der Waals surface area contributed by atoms with Gasteiger partial charge in [0.05, 0.1) is 11.6 Å². The van der Waals surface area contributed by atoms with Crippen molar-refractivity contribution in [3.63, 3.8) is 0 Å². The standard InChI is InChI=1S/C27H27FN6O/c1-18-6-4-7-19-11-15-30-25(24(18)19)34(21-8-2-3-12-29-17-21)26(35)22-10-9-20(16-23(22)28)33-27-31-13-5-14-32-27/h4-7,9-11,13-16,21,29H,2-3,8,12,17H2,1H3,(H,31,32,33). The number of amides is 1. The number of carbonyl (C=O) groups excluding carboxylic acids is 1. The van der Waals surface area contributed by atoms with Gasteiger partial charge in [-0.05, 0) is 67.6 Å². The van der Waals surface area contributed by atoms with Crippen LogP contribution in [0.15, 0.2) is 67.1 Å². The lowest BCUT2D eigenvalue weighted by Gasteiger charge is -2.31. The van der Waals surface area contributed by atoms with Gasteiger partial charge in [-0.15, -0.1) is 0 Å². The van der Waals surface area contributed by atoms with E-state index in [1.807, 2.05) is 31.2 Å². The molecule has 1 saturated heterocycles. The predicted molar refractivity (Wildman–Crippen MR) is 136 cm³/mol. The van der Waals surface area contributed by atoms with Gasteiger partial charge in [-0.2, -0.15) is 0 Å². The number of nitrogens with zero attached hydrogens (tertiary/aromatic N) is 4. The maximum atomic E-state index is 15.4. The van der Waals surface area contributed by atoms with Gasteiger partial charge in [-0.25, -0.2) is 19.3 Å². The molecule has 2 N–H and O–H groups in total. The number of aromatic nitrogens is 3. The molecule has 0 spiro atoms. The minimum atomic E-state index is -0.612. The zero-order valence-corrected chi connectivity index (χ0v) is 19.5. The molecule has 178 valence electrons. The molecule has 1 amide bonds. The number of halogens is 1. The van der Waals surface area contributed by atoms with Gasteiger partial charge in [0.2, 0.25) is 5.95 Å². The second kappa shape index (κ2) is 10.1. The van der Waals surface area contributed by atoms with Crippen molar-refractivity contribution in [2.24, 2.45) is 0 Å². The highest BCUT2D eigenvalue weighted by molar-refractivity contribution is 6.11. The Bertz CT molecular complexity index is 1330. The van der Waals surface area contributed by atoms with E-state index in [4.69, 9.17) is 0 Å². The highest BCUT2D eigenvalue weighted by atomic mass is 19.1. The van der Waals surface area contributed by atoms with Crippen LogP contribution in [-0.2, 0) is 0 Å². The third kappa shape index (κ3) is 4.83. The first kappa shape index (κ1) is 22.9. The first-order chi connectivity index (χ1) is 17.1. The lowest BCUT2D eigenvalue weighted by molar-refractivity contribution is 0.0971. The van der Waals surface area contributed by atoms with Crippen LogP contribution < -0.4 is 15.5 Å². The number of nitrogens with one attached hydrogen (secondary N) is 2. The molecule has 4 aromatic rings. The number of carbonyl (C=O) groups is 1. The summed E-state index contributed by atoms with van der Waals surface area (Å²) in [6.45, 7) is 3.54. The fraction of sp³-hybridized carbons (Fsp3) is 0.259. The van der Waals surface area contributed by atoms with Crippen LogP contribution in [0.25, 0.3) is 10.8 Å². The normalized spacial score (nSPS) is 16.0. The fourth-order valence-corrected chi connectivity index (χ4v) is 4.62. The summed E-state index contributed by atoms with van der Waals surface area (Å²) in [4.78, 5) is 28.5. The van der Waals surface area contributed by atoms with Crippen LogP contribution in [0.5, 0.6) is 0 Å². The Morgan fingerprint density at radius 1 is 1.06 bits per heavy atom. The maximum Gasteiger partial charge on any atom is 0.262 e. The lowest BCUT2D eigenvalue weighted by Crippen LogP contribution is -2.46. The van der Waals surface area contributed by atoms with Crippen LogP contribution in [0.4, 0.5) is 21.8 Å². The van der Waals surface area contributed by atoms with E-state index in [-0.39, 0.29) is 11.6 Å². The average molecular weight is 471 g/mol. The molecule has 0 saturated carbocycles. The molecular formula is C27H27FN6O. The van der Waals surface area contributed by atoms with Crippen LogP contribution in [0, 0.1) is 12.7 Å². The molecule has 8 heteroatoms. The molecule has 7 nitrogen and oxygen atoms in total. The monoisotopic (exact) mass is 470 g/mol. The van der Waals surface area contributed by atoms with Crippen molar-refractivity contribution < 1.29 is 9.18 Å². The molecule has 5 rings (SSSR count). The zero-order valence-electron chi connectivity index (χ0n) is 19.5. The van der Waals surface area contributed by atoms with E-state index in [2.05, 4.69) is 25.6 Å². The van der Waals surface area contributed by atoms with Crippen LogP contribution >= 0.6 is 0 Å². The number of aryl methyl sites for hydroxylation is 1. The number of rotatable bonds is 5. The van der Waals surface area contributed by atoms with E-state index in [1.165, 1.54) is 12.1 Å². The minimum Gasteiger partial charge on any atom is -0.324 e. The zero-order chi connectivity index (χ0) is 24.2. The molecule has 0 aliphatic carbocycles. The van der Waals surface area contributed by atoms with Crippen LogP contribution in [-0.4, -0.2) is 40.0 Å². The average Bonchev–Trinajstić information content (AvgIpc) is 3.14. The van der Waals surface area contributed by atoms with Crippen molar-refractivity contribution in [1.82, 2.24) is 20.3 Å². The summed E-state index contributed by atoms with van der Waals surface area (Å²) in [6.07, 6.45) is 7.74. The van der Waals surface area contributed by atoms with Gasteiger partial charge < -0.3 is 10.6 Å². The Morgan fingerprint density at radius 3 is 2.74 bits per heavy atom. The molecule has 0 radical (unpaired) electrons. The summed E-state index contributed by atoms with van der Waals surface area (Å²) in [7, 11) is 0. The van der Waals surface area contributed by atoms with E-state index in [0.717, 1.165) is 42.1 Å². The quantitative estimate of drug-likeness (QED) is 0.427. The van der Waals surface area contributed by atoms with E-state index in [0.29, 0.717) is 24.0 Å². The third-order valence-electron chi connectivity index (χ3n) is 6.33. The van der Waals surface area contributed by atoms with E-state index < -0.39 is 11.7 Å². The number of hydrogen-bond acceptors (Lipinski definition) is 6. The third-order valence-corrected chi connectivity index (χ3v) is 6.33. The second-order valence-electron chi connectivity index (χ2n) is 8.73. The number of benzene rings is 2. The van der Waals surface area contributed by atoms with Crippen molar-refractivity contribution in [2.45, 2.75) is 32.2 Å². The van der Waals surface area contributed by atoms with Gasteiger partial charge >= 0.3 is 0 Å². The van der Waals surface area contributed by atoms with E-state index in [1.54, 1.807) is 35.6 Å². The Kier molecular flexibility index (Phi) is 6.63. The van der Waals surface area contributed by atoms with Crippen molar-refractivity contribution in [3.8, 4) is 0 Å². The highest BCUT2D eigenvalue weighted by Crippen LogP contribution is 2.32. The summed E-state index contributed by atoms with van der Waals surface area (Å²) >= 11 is 0. The largest absolute Gasteiger partial charge is 0.324 e. The number of pyridine rings is 1. The molecule has 3 heterocycles. The summed E-state index contributed by atoms with van der Waals surface area (Å²) in [6, 6.07) is 14.0. The van der Waals surface area contributed by atoms with Crippen LogP contribution in [0.3, 0.4) is 0 Å². The molecule has 35 heavy (non-hydrogen) atoms. The SMILES string of the molecule is Cc1cccc2ccnc(N(C(=O)c3ccc(Nc4ncccn4)cc3F)C3CCCCNC3)c12. The first-order valence-electron chi connectivity index (χ1n) is 11.8. The molecule has 1 aliphatic heterocycles. The van der Waals surface area contributed by atoms with Gasteiger partial charge in [0.15, 0.2) is 0 Å². The van der Waals surface area contributed by atoms with Gasteiger partial charge in [-0.1, -0.05) is 24.6 Å². The highest BCUT2D eigenvalue weighted by Gasteiger charge is 2.31. The van der Waals surface area contributed by atoms with Gasteiger partial charge in [0.25, 0.3) is 5.91 Å².